The van der Waals surface area contributed by atoms with Crippen LogP contribution in [0.1, 0.15) is 19.4 Å². The van der Waals surface area contributed by atoms with Gasteiger partial charge in [0.1, 0.15) is 5.75 Å². The van der Waals surface area contributed by atoms with Gasteiger partial charge in [-0.25, -0.2) is 0 Å². The first-order valence-electron chi connectivity index (χ1n) is 6.51. The van der Waals surface area contributed by atoms with Crippen LogP contribution in [0.25, 0.3) is 0 Å². The van der Waals surface area contributed by atoms with E-state index in [0.717, 1.165) is 15.7 Å². The Bertz CT molecular complexity index is 655. The Balaban J connectivity index is 2.27. The Hall–Kier alpha value is -2.01. The van der Waals surface area contributed by atoms with Gasteiger partial charge in [0.25, 0.3) is 0 Å². The summed E-state index contributed by atoms with van der Waals surface area (Å²) in [7, 11) is 0. The minimum Gasteiger partial charge on any atom is -0.426 e. The van der Waals surface area contributed by atoms with E-state index in [1.165, 1.54) is 0 Å². The Morgan fingerprint density at radius 3 is 2.86 bits per heavy atom. The zero-order valence-electron chi connectivity index (χ0n) is 11.8. The molecule has 1 aromatic heterocycles. The standard InChI is InChI=1S/C16H15BrN2O2/c1-11(2)16(20)21-15-6-5-13(17)8-12(15)9-19-14-4-3-7-18-10-14/h3-11H,1-2H3. The summed E-state index contributed by atoms with van der Waals surface area (Å²) in [4.78, 5) is 20.1. The first kappa shape index (κ1) is 15.4. The molecule has 0 radical (unpaired) electrons. The van der Waals surface area contributed by atoms with Crippen LogP contribution in [0.5, 0.6) is 5.75 Å². The summed E-state index contributed by atoms with van der Waals surface area (Å²) in [6.07, 6.45) is 5.01. The molecule has 0 aliphatic carbocycles. The third-order valence-electron chi connectivity index (χ3n) is 2.65. The molecular formula is C16H15BrN2O2. The number of ether oxygens (including phenoxy) is 1. The number of nitrogens with zero attached hydrogens (tertiary/aromatic N) is 2. The van der Waals surface area contributed by atoms with Gasteiger partial charge in [0, 0.05) is 22.4 Å². The molecule has 0 bridgehead atoms. The van der Waals surface area contributed by atoms with E-state index in [1.807, 2.05) is 24.3 Å². The number of benzene rings is 1. The highest BCUT2D eigenvalue weighted by molar-refractivity contribution is 9.10. The van der Waals surface area contributed by atoms with Crippen LogP contribution in [0.4, 0.5) is 5.69 Å². The molecule has 2 aromatic rings. The Morgan fingerprint density at radius 2 is 2.19 bits per heavy atom. The Morgan fingerprint density at radius 1 is 1.38 bits per heavy atom. The molecule has 5 heteroatoms. The molecule has 2 rings (SSSR count). The normalized spacial score (nSPS) is 11.0. The summed E-state index contributed by atoms with van der Waals surface area (Å²) in [6, 6.07) is 9.08. The van der Waals surface area contributed by atoms with Gasteiger partial charge >= 0.3 is 5.97 Å². The maximum Gasteiger partial charge on any atom is 0.313 e. The molecule has 0 saturated heterocycles. The SMILES string of the molecule is CC(C)C(=O)Oc1ccc(Br)cc1C=Nc1cccnc1. The molecule has 0 atom stereocenters. The van der Waals surface area contributed by atoms with Crippen molar-refractivity contribution in [2.75, 3.05) is 0 Å². The van der Waals surface area contributed by atoms with E-state index < -0.39 is 0 Å². The van der Waals surface area contributed by atoms with Gasteiger partial charge in [-0.15, -0.1) is 0 Å². The third kappa shape index (κ3) is 4.49. The first-order chi connectivity index (χ1) is 10.1. The van der Waals surface area contributed by atoms with Crippen molar-refractivity contribution in [3.63, 3.8) is 0 Å². The van der Waals surface area contributed by atoms with Crippen molar-refractivity contribution in [3.8, 4) is 5.75 Å². The molecule has 21 heavy (non-hydrogen) atoms. The van der Waals surface area contributed by atoms with Crippen molar-refractivity contribution in [1.82, 2.24) is 4.98 Å². The van der Waals surface area contributed by atoms with Gasteiger partial charge in [-0.1, -0.05) is 29.8 Å². The summed E-state index contributed by atoms with van der Waals surface area (Å²) >= 11 is 3.40. The monoisotopic (exact) mass is 346 g/mol. The second-order valence-corrected chi connectivity index (χ2v) is 5.64. The number of carbonyl (C=O) groups excluding carboxylic acids is 1. The summed E-state index contributed by atoms with van der Waals surface area (Å²) in [6.45, 7) is 3.59. The largest absolute Gasteiger partial charge is 0.426 e. The highest BCUT2D eigenvalue weighted by atomic mass is 79.9. The lowest BCUT2D eigenvalue weighted by molar-refractivity contribution is -0.137. The van der Waals surface area contributed by atoms with Crippen LogP contribution in [0, 0.1) is 5.92 Å². The van der Waals surface area contributed by atoms with E-state index >= 15 is 0 Å². The van der Waals surface area contributed by atoms with Crippen molar-refractivity contribution in [1.29, 1.82) is 0 Å². The van der Waals surface area contributed by atoms with Crippen LogP contribution in [0.2, 0.25) is 0 Å². The van der Waals surface area contributed by atoms with Crippen LogP contribution >= 0.6 is 15.9 Å². The van der Waals surface area contributed by atoms with Crippen LogP contribution < -0.4 is 4.74 Å². The van der Waals surface area contributed by atoms with E-state index in [1.54, 1.807) is 38.5 Å². The van der Waals surface area contributed by atoms with Gasteiger partial charge in [0.15, 0.2) is 0 Å². The van der Waals surface area contributed by atoms with Gasteiger partial charge < -0.3 is 4.74 Å². The number of esters is 1. The van der Waals surface area contributed by atoms with Crippen LogP contribution in [-0.4, -0.2) is 17.2 Å². The molecule has 0 N–H and O–H groups in total. The van der Waals surface area contributed by atoms with Gasteiger partial charge in [-0.2, -0.15) is 0 Å². The zero-order valence-corrected chi connectivity index (χ0v) is 13.4. The smallest absolute Gasteiger partial charge is 0.313 e. The maximum absolute atomic E-state index is 11.7. The first-order valence-corrected chi connectivity index (χ1v) is 7.31. The number of hydrogen-bond donors (Lipinski definition) is 0. The third-order valence-corrected chi connectivity index (χ3v) is 3.15. The van der Waals surface area contributed by atoms with E-state index in [0.29, 0.717) is 5.75 Å². The van der Waals surface area contributed by atoms with Crippen LogP contribution in [-0.2, 0) is 4.79 Å². The minimum atomic E-state index is -0.270. The lowest BCUT2D eigenvalue weighted by Gasteiger charge is -2.09. The Labute approximate surface area is 132 Å². The van der Waals surface area contributed by atoms with Crippen molar-refractivity contribution < 1.29 is 9.53 Å². The molecular weight excluding hydrogens is 332 g/mol. The molecule has 108 valence electrons. The predicted molar refractivity (Wildman–Crippen MR) is 86.1 cm³/mol. The highest BCUT2D eigenvalue weighted by Gasteiger charge is 2.12. The number of pyridine rings is 1. The quantitative estimate of drug-likeness (QED) is 0.474. The highest BCUT2D eigenvalue weighted by Crippen LogP contribution is 2.23. The molecule has 0 fully saturated rings. The molecule has 0 saturated carbocycles. The molecule has 1 aromatic carbocycles. The predicted octanol–water partition coefficient (Wildman–Crippen LogP) is 4.16. The summed E-state index contributed by atoms with van der Waals surface area (Å²) in [5.74, 6) is 0.0367. The number of carbonyl (C=O) groups is 1. The summed E-state index contributed by atoms with van der Waals surface area (Å²) in [5, 5.41) is 0. The second-order valence-electron chi connectivity index (χ2n) is 4.73. The van der Waals surface area contributed by atoms with Crippen molar-refractivity contribution in [3.05, 3.63) is 52.8 Å². The number of hydrogen-bond acceptors (Lipinski definition) is 4. The molecule has 0 amide bonds. The minimum absolute atomic E-state index is 0.184. The van der Waals surface area contributed by atoms with Crippen LogP contribution in [0.15, 0.2) is 52.2 Å². The molecule has 4 nitrogen and oxygen atoms in total. The Kier molecular flexibility index (Phi) is 5.22. The van der Waals surface area contributed by atoms with E-state index in [-0.39, 0.29) is 11.9 Å². The molecule has 0 aliphatic rings. The molecule has 0 spiro atoms. The maximum atomic E-state index is 11.7. The van der Waals surface area contributed by atoms with E-state index in [9.17, 15) is 4.79 Å². The van der Waals surface area contributed by atoms with Crippen molar-refractivity contribution in [2.45, 2.75) is 13.8 Å². The average Bonchev–Trinajstić information content (AvgIpc) is 2.48. The fourth-order valence-electron chi connectivity index (χ4n) is 1.51. The van der Waals surface area contributed by atoms with E-state index in [2.05, 4.69) is 25.9 Å². The number of aromatic nitrogens is 1. The number of aliphatic imine (C=N–C) groups is 1. The number of rotatable bonds is 4. The number of halogens is 1. The van der Waals surface area contributed by atoms with E-state index in [4.69, 9.17) is 4.74 Å². The van der Waals surface area contributed by atoms with Gasteiger partial charge in [-0.05, 0) is 30.3 Å². The fourth-order valence-corrected chi connectivity index (χ4v) is 1.89. The topological polar surface area (TPSA) is 51.5 Å². The molecule has 1 heterocycles. The lowest BCUT2D eigenvalue weighted by atomic mass is 10.2. The summed E-state index contributed by atoms with van der Waals surface area (Å²) in [5.41, 5.74) is 1.46. The molecule has 0 aliphatic heterocycles. The second kappa shape index (κ2) is 7.13. The van der Waals surface area contributed by atoms with Gasteiger partial charge in [0.2, 0.25) is 0 Å². The van der Waals surface area contributed by atoms with Gasteiger partial charge in [0.05, 0.1) is 17.8 Å². The fraction of sp³-hybridized carbons (Fsp3) is 0.188. The van der Waals surface area contributed by atoms with Gasteiger partial charge in [-0.3, -0.25) is 14.8 Å². The zero-order chi connectivity index (χ0) is 15.2. The lowest BCUT2D eigenvalue weighted by Crippen LogP contribution is -2.15. The molecule has 0 unspecified atom stereocenters. The van der Waals surface area contributed by atoms with Crippen molar-refractivity contribution >= 4 is 33.8 Å². The van der Waals surface area contributed by atoms with Crippen LogP contribution in [0.3, 0.4) is 0 Å². The van der Waals surface area contributed by atoms with Crippen molar-refractivity contribution in [2.24, 2.45) is 10.9 Å². The summed E-state index contributed by atoms with van der Waals surface area (Å²) < 4.78 is 6.27. The average molecular weight is 347 g/mol.